The van der Waals surface area contributed by atoms with Gasteiger partial charge in [0.05, 0.1) is 26.3 Å². The molecular weight excluding hydrogens is 294 g/mol. The molecule has 1 heterocycles. The number of amides is 2. The van der Waals surface area contributed by atoms with E-state index in [-0.39, 0.29) is 0 Å². The largest absolute Gasteiger partial charge is 0.370 e. The first-order valence-electron chi connectivity index (χ1n) is 6.91. The van der Waals surface area contributed by atoms with E-state index in [0.29, 0.717) is 17.3 Å². The highest BCUT2D eigenvalue weighted by atomic mass is 35.5. The second-order valence-electron chi connectivity index (χ2n) is 4.83. The van der Waals surface area contributed by atoms with Gasteiger partial charge in [-0.05, 0) is 18.2 Å². The van der Waals surface area contributed by atoms with Gasteiger partial charge >= 0.3 is 11.8 Å². The number of hydrogen-bond acceptors (Lipinski definition) is 3. The van der Waals surface area contributed by atoms with Crippen molar-refractivity contribution in [2.75, 3.05) is 44.7 Å². The van der Waals surface area contributed by atoms with Crippen LogP contribution in [0.15, 0.2) is 24.3 Å². The predicted molar refractivity (Wildman–Crippen MR) is 79.5 cm³/mol. The standard InChI is InChI=1S/C14H18ClN3O3/c15-11-2-1-3-12(10-11)17-14(20)13(19)16-4-5-18-6-8-21-9-7-18/h1-3,10H,4-9H2,(H,16,19)(H,17,20)/p+1. The van der Waals surface area contributed by atoms with Crippen molar-refractivity contribution >= 4 is 29.1 Å². The van der Waals surface area contributed by atoms with Gasteiger partial charge in [0.1, 0.15) is 13.1 Å². The van der Waals surface area contributed by atoms with Crippen LogP contribution in [0, 0.1) is 0 Å². The molecule has 0 atom stereocenters. The van der Waals surface area contributed by atoms with Crippen molar-refractivity contribution < 1.29 is 19.2 Å². The maximum absolute atomic E-state index is 11.7. The third kappa shape index (κ3) is 5.34. The molecule has 1 saturated heterocycles. The molecule has 2 rings (SSSR count). The predicted octanol–water partition coefficient (Wildman–Crippen LogP) is -0.690. The minimum Gasteiger partial charge on any atom is -0.370 e. The van der Waals surface area contributed by atoms with E-state index in [2.05, 4.69) is 10.6 Å². The highest BCUT2D eigenvalue weighted by molar-refractivity contribution is 6.39. The average molecular weight is 313 g/mol. The summed E-state index contributed by atoms with van der Waals surface area (Å²) in [5.41, 5.74) is 0.501. The monoisotopic (exact) mass is 312 g/mol. The molecule has 6 nitrogen and oxygen atoms in total. The number of morpholine rings is 1. The second-order valence-corrected chi connectivity index (χ2v) is 5.27. The molecule has 0 unspecified atom stereocenters. The maximum atomic E-state index is 11.7. The number of rotatable bonds is 4. The van der Waals surface area contributed by atoms with Crippen molar-refractivity contribution in [1.82, 2.24) is 5.32 Å². The van der Waals surface area contributed by atoms with Crippen molar-refractivity contribution in [3.63, 3.8) is 0 Å². The smallest absolute Gasteiger partial charge is 0.313 e. The summed E-state index contributed by atoms with van der Waals surface area (Å²) < 4.78 is 5.26. The summed E-state index contributed by atoms with van der Waals surface area (Å²) in [4.78, 5) is 24.8. The number of quaternary nitrogens is 1. The van der Waals surface area contributed by atoms with Crippen LogP contribution in [0.4, 0.5) is 5.69 Å². The van der Waals surface area contributed by atoms with Crippen LogP contribution >= 0.6 is 11.6 Å². The van der Waals surface area contributed by atoms with Gasteiger partial charge in [0.2, 0.25) is 0 Å². The molecule has 7 heteroatoms. The molecule has 0 saturated carbocycles. The van der Waals surface area contributed by atoms with Crippen molar-refractivity contribution in [3.05, 3.63) is 29.3 Å². The molecule has 0 aromatic heterocycles. The zero-order valence-electron chi connectivity index (χ0n) is 11.7. The van der Waals surface area contributed by atoms with E-state index in [1.807, 2.05) is 0 Å². The summed E-state index contributed by atoms with van der Waals surface area (Å²) in [6.45, 7) is 4.63. The van der Waals surface area contributed by atoms with Crippen LogP contribution in [0.5, 0.6) is 0 Å². The van der Waals surface area contributed by atoms with Crippen molar-refractivity contribution in [3.8, 4) is 0 Å². The molecule has 1 fully saturated rings. The fourth-order valence-corrected chi connectivity index (χ4v) is 2.29. The Hall–Kier alpha value is -1.63. The minimum atomic E-state index is -0.686. The van der Waals surface area contributed by atoms with Gasteiger partial charge in [-0.3, -0.25) is 9.59 Å². The molecule has 2 amide bonds. The van der Waals surface area contributed by atoms with E-state index < -0.39 is 11.8 Å². The van der Waals surface area contributed by atoms with Crippen LogP contribution in [-0.4, -0.2) is 51.2 Å². The van der Waals surface area contributed by atoms with E-state index in [1.165, 1.54) is 4.90 Å². The number of carbonyl (C=O) groups excluding carboxylic acids is 2. The quantitative estimate of drug-likeness (QED) is 0.645. The van der Waals surface area contributed by atoms with E-state index in [9.17, 15) is 9.59 Å². The van der Waals surface area contributed by atoms with Crippen LogP contribution in [0.3, 0.4) is 0 Å². The number of hydrogen-bond donors (Lipinski definition) is 3. The van der Waals surface area contributed by atoms with Gasteiger partial charge in [0, 0.05) is 10.7 Å². The first-order valence-corrected chi connectivity index (χ1v) is 7.29. The molecule has 0 radical (unpaired) electrons. The third-order valence-corrected chi connectivity index (χ3v) is 3.49. The normalized spacial score (nSPS) is 15.5. The Morgan fingerprint density at radius 3 is 2.71 bits per heavy atom. The molecular formula is C14H19ClN3O3+. The molecule has 21 heavy (non-hydrogen) atoms. The average Bonchev–Trinajstić information content (AvgIpc) is 2.48. The summed E-state index contributed by atoms with van der Waals surface area (Å²) in [6, 6.07) is 6.67. The van der Waals surface area contributed by atoms with E-state index in [4.69, 9.17) is 16.3 Å². The van der Waals surface area contributed by atoms with Gasteiger partial charge in [-0.15, -0.1) is 0 Å². The lowest BCUT2D eigenvalue weighted by Crippen LogP contribution is -3.14. The SMILES string of the molecule is O=C(NCC[NH+]1CCOCC1)C(=O)Nc1cccc(Cl)c1. The molecule has 0 bridgehead atoms. The lowest BCUT2D eigenvalue weighted by Gasteiger charge is -2.23. The Labute approximate surface area is 128 Å². The zero-order chi connectivity index (χ0) is 15.1. The Morgan fingerprint density at radius 1 is 1.24 bits per heavy atom. The van der Waals surface area contributed by atoms with Crippen molar-refractivity contribution in [1.29, 1.82) is 0 Å². The lowest BCUT2D eigenvalue weighted by atomic mass is 10.3. The summed E-state index contributed by atoms with van der Waals surface area (Å²) in [5.74, 6) is -1.32. The van der Waals surface area contributed by atoms with Gasteiger partial charge in [-0.2, -0.15) is 0 Å². The number of benzene rings is 1. The third-order valence-electron chi connectivity index (χ3n) is 3.25. The van der Waals surface area contributed by atoms with Crippen LogP contribution in [0.2, 0.25) is 5.02 Å². The second kappa shape index (κ2) is 7.97. The van der Waals surface area contributed by atoms with Gasteiger partial charge < -0.3 is 20.3 Å². The van der Waals surface area contributed by atoms with Crippen LogP contribution < -0.4 is 15.5 Å². The molecule has 114 valence electrons. The summed E-state index contributed by atoms with van der Waals surface area (Å²) in [5, 5.41) is 5.63. The summed E-state index contributed by atoms with van der Waals surface area (Å²) >= 11 is 5.81. The summed E-state index contributed by atoms with van der Waals surface area (Å²) in [7, 11) is 0. The molecule has 0 spiro atoms. The Bertz CT molecular complexity index is 504. The number of anilines is 1. The number of carbonyl (C=O) groups is 2. The Morgan fingerprint density at radius 2 is 2.00 bits per heavy atom. The lowest BCUT2D eigenvalue weighted by molar-refractivity contribution is -0.906. The molecule has 3 N–H and O–H groups in total. The number of ether oxygens (including phenoxy) is 1. The number of nitrogens with one attached hydrogen (secondary N) is 3. The van der Waals surface area contributed by atoms with Gasteiger partial charge in [0.25, 0.3) is 0 Å². The molecule has 1 aromatic carbocycles. The molecule has 1 aliphatic heterocycles. The first kappa shape index (κ1) is 15.8. The molecule has 1 aliphatic rings. The minimum absolute atomic E-state index is 0.469. The zero-order valence-corrected chi connectivity index (χ0v) is 12.4. The molecule has 1 aromatic rings. The van der Waals surface area contributed by atoms with Gasteiger partial charge in [-0.1, -0.05) is 17.7 Å². The highest BCUT2D eigenvalue weighted by Crippen LogP contribution is 2.14. The van der Waals surface area contributed by atoms with E-state index >= 15 is 0 Å². The molecule has 0 aliphatic carbocycles. The van der Waals surface area contributed by atoms with Gasteiger partial charge in [-0.25, -0.2) is 0 Å². The fourth-order valence-electron chi connectivity index (χ4n) is 2.10. The Kier molecular flexibility index (Phi) is 5.98. The van der Waals surface area contributed by atoms with Crippen LogP contribution in [0.1, 0.15) is 0 Å². The van der Waals surface area contributed by atoms with E-state index in [1.54, 1.807) is 24.3 Å². The first-order chi connectivity index (χ1) is 10.1. The number of halogens is 1. The topological polar surface area (TPSA) is 71.9 Å². The van der Waals surface area contributed by atoms with Crippen molar-refractivity contribution in [2.45, 2.75) is 0 Å². The van der Waals surface area contributed by atoms with Crippen LogP contribution in [-0.2, 0) is 14.3 Å². The fraction of sp³-hybridized carbons (Fsp3) is 0.429. The van der Waals surface area contributed by atoms with Crippen LogP contribution in [0.25, 0.3) is 0 Å². The highest BCUT2D eigenvalue weighted by Gasteiger charge is 2.16. The maximum Gasteiger partial charge on any atom is 0.313 e. The Balaban J connectivity index is 1.71. The van der Waals surface area contributed by atoms with Crippen molar-refractivity contribution in [2.24, 2.45) is 0 Å². The van der Waals surface area contributed by atoms with Gasteiger partial charge in [0.15, 0.2) is 0 Å². The van der Waals surface area contributed by atoms with E-state index in [0.717, 1.165) is 32.8 Å². The summed E-state index contributed by atoms with van der Waals surface area (Å²) in [6.07, 6.45) is 0.